The predicted octanol–water partition coefficient (Wildman–Crippen LogP) is 3.87. The van der Waals surface area contributed by atoms with Crippen LogP contribution >= 0.6 is 27.3 Å². The van der Waals surface area contributed by atoms with Gasteiger partial charge in [-0.15, -0.1) is 11.3 Å². The number of amides is 1. The van der Waals surface area contributed by atoms with E-state index in [4.69, 9.17) is 0 Å². The Balaban J connectivity index is 1.96. The highest BCUT2D eigenvalue weighted by Gasteiger charge is 2.14. The van der Waals surface area contributed by atoms with Gasteiger partial charge in [0.15, 0.2) is 0 Å². The van der Waals surface area contributed by atoms with Gasteiger partial charge in [0.05, 0.1) is 0 Å². The topological polar surface area (TPSA) is 34.0 Å². The zero-order valence-corrected chi connectivity index (χ0v) is 13.4. The Morgan fingerprint density at radius 2 is 2.32 bits per heavy atom. The van der Waals surface area contributed by atoms with E-state index in [1.165, 1.54) is 4.88 Å². The third-order valence-electron chi connectivity index (χ3n) is 2.84. The molecule has 0 aliphatic heterocycles. The van der Waals surface area contributed by atoms with Crippen LogP contribution in [0.1, 0.15) is 35.3 Å². The van der Waals surface area contributed by atoms with Crippen molar-refractivity contribution in [1.29, 1.82) is 0 Å². The van der Waals surface area contributed by atoms with Gasteiger partial charge in [-0.2, -0.15) is 0 Å². The van der Waals surface area contributed by atoms with E-state index in [0.29, 0.717) is 12.2 Å². The van der Waals surface area contributed by atoms with E-state index in [0.717, 1.165) is 10.9 Å². The smallest absolute Gasteiger partial charge is 0.267 e. The summed E-state index contributed by atoms with van der Waals surface area (Å²) in [5, 5.41) is 5.03. The number of aromatic nitrogens is 1. The van der Waals surface area contributed by atoms with E-state index in [2.05, 4.69) is 46.5 Å². The summed E-state index contributed by atoms with van der Waals surface area (Å²) in [7, 11) is 0. The van der Waals surface area contributed by atoms with Gasteiger partial charge in [-0.05, 0) is 53.7 Å². The van der Waals surface area contributed by atoms with Crippen LogP contribution in [0.4, 0.5) is 0 Å². The van der Waals surface area contributed by atoms with Crippen LogP contribution in [0.5, 0.6) is 0 Å². The van der Waals surface area contributed by atoms with E-state index in [1.807, 2.05) is 22.9 Å². The van der Waals surface area contributed by atoms with Crippen LogP contribution < -0.4 is 5.32 Å². The summed E-state index contributed by atoms with van der Waals surface area (Å²) in [5.74, 6) is -0.0176. The minimum absolute atomic E-state index is 0.0176. The first-order chi connectivity index (χ1) is 9.08. The summed E-state index contributed by atoms with van der Waals surface area (Å²) in [4.78, 5) is 13.5. The van der Waals surface area contributed by atoms with Crippen molar-refractivity contribution in [3.63, 3.8) is 0 Å². The van der Waals surface area contributed by atoms with Gasteiger partial charge in [0.2, 0.25) is 0 Å². The summed E-state index contributed by atoms with van der Waals surface area (Å²) >= 11 is 5.14. The van der Waals surface area contributed by atoms with Crippen LogP contribution in [0, 0.1) is 0 Å². The van der Waals surface area contributed by atoms with E-state index < -0.39 is 0 Å². The Labute approximate surface area is 125 Å². The van der Waals surface area contributed by atoms with E-state index >= 15 is 0 Å². The van der Waals surface area contributed by atoms with Crippen molar-refractivity contribution < 1.29 is 4.79 Å². The molecule has 0 saturated heterocycles. The number of carbonyl (C=O) groups excluding carboxylic acids is 1. The van der Waals surface area contributed by atoms with Gasteiger partial charge in [-0.25, -0.2) is 0 Å². The molecular weight excluding hydrogens is 324 g/mol. The van der Waals surface area contributed by atoms with Crippen molar-refractivity contribution in [3.8, 4) is 0 Å². The highest BCUT2D eigenvalue weighted by Crippen LogP contribution is 2.19. The number of nitrogens with one attached hydrogen (secondary N) is 1. The van der Waals surface area contributed by atoms with Gasteiger partial charge >= 0.3 is 0 Å². The van der Waals surface area contributed by atoms with Crippen LogP contribution in [0.25, 0.3) is 0 Å². The Hall–Kier alpha value is -1.07. The molecule has 2 heterocycles. The van der Waals surface area contributed by atoms with Crippen LogP contribution in [-0.4, -0.2) is 17.0 Å². The molecule has 0 atom stereocenters. The lowest BCUT2D eigenvalue weighted by atomic mass is 10.3. The van der Waals surface area contributed by atoms with Gasteiger partial charge < -0.3 is 9.88 Å². The molecule has 3 nitrogen and oxygen atoms in total. The lowest BCUT2D eigenvalue weighted by Crippen LogP contribution is -2.28. The molecule has 0 aromatic carbocycles. The fourth-order valence-electron chi connectivity index (χ4n) is 1.90. The third-order valence-corrected chi connectivity index (χ3v) is 4.21. The first-order valence-corrected chi connectivity index (χ1v) is 7.93. The van der Waals surface area contributed by atoms with Crippen LogP contribution in [-0.2, 0) is 6.42 Å². The van der Waals surface area contributed by atoms with E-state index in [9.17, 15) is 4.79 Å². The van der Waals surface area contributed by atoms with Crippen molar-refractivity contribution in [2.24, 2.45) is 0 Å². The molecular formula is C14H17BrN2OS. The van der Waals surface area contributed by atoms with Crippen LogP contribution in [0.2, 0.25) is 0 Å². The summed E-state index contributed by atoms with van der Waals surface area (Å²) in [6.45, 7) is 4.80. The Morgan fingerprint density at radius 1 is 1.53 bits per heavy atom. The number of rotatable bonds is 5. The maximum absolute atomic E-state index is 12.2. The van der Waals surface area contributed by atoms with Gasteiger partial charge in [-0.1, -0.05) is 6.07 Å². The molecule has 102 valence electrons. The number of carbonyl (C=O) groups is 1. The quantitative estimate of drug-likeness (QED) is 0.880. The first kappa shape index (κ1) is 14.3. The minimum Gasteiger partial charge on any atom is -0.350 e. The second-order valence-corrected chi connectivity index (χ2v) is 6.58. The predicted molar refractivity (Wildman–Crippen MR) is 82.9 cm³/mol. The average molecular weight is 341 g/mol. The van der Waals surface area contributed by atoms with Gasteiger partial charge in [0, 0.05) is 28.1 Å². The summed E-state index contributed by atoms with van der Waals surface area (Å²) < 4.78 is 2.91. The number of thiophene rings is 1. The number of hydrogen-bond acceptors (Lipinski definition) is 2. The third kappa shape index (κ3) is 3.70. The second-order valence-electron chi connectivity index (χ2n) is 4.63. The molecule has 5 heteroatoms. The van der Waals surface area contributed by atoms with E-state index in [1.54, 1.807) is 11.3 Å². The standard InChI is InChI=1S/C14H17BrN2OS/c1-10(2)17-9-11(15)8-13(17)14(18)16-6-5-12-4-3-7-19-12/h3-4,7-10H,5-6H2,1-2H3,(H,16,18). The SMILES string of the molecule is CC(C)n1cc(Br)cc1C(=O)NCCc1cccs1. The molecule has 2 rings (SSSR count). The molecule has 0 spiro atoms. The lowest BCUT2D eigenvalue weighted by Gasteiger charge is -2.12. The normalized spacial score (nSPS) is 10.9. The summed E-state index contributed by atoms with van der Waals surface area (Å²) in [6.07, 6.45) is 2.83. The minimum atomic E-state index is -0.0176. The van der Waals surface area contributed by atoms with Gasteiger partial charge in [0.1, 0.15) is 5.69 Å². The zero-order valence-electron chi connectivity index (χ0n) is 11.0. The molecule has 19 heavy (non-hydrogen) atoms. The van der Waals surface area contributed by atoms with Crippen LogP contribution in [0.15, 0.2) is 34.2 Å². The molecule has 1 N–H and O–H groups in total. The molecule has 0 fully saturated rings. The molecule has 0 aliphatic carbocycles. The first-order valence-electron chi connectivity index (χ1n) is 6.26. The van der Waals surface area contributed by atoms with Crippen molar-refractivity contribution in [2.75, 3.05) is 6.54 Å². The molecule has 0 radical (unpaired) electrons. The Bertz CT molecular complexity index is 546. The fraction of sp³-hybridized carbons (Fsp3) is 0.357. The monoisotopic (exact) mass is 340 g/mol. The highest BCUT2D eigenvalue weighted by molar-refractivity contribution is 9.10. The average Bonchev–Trinajstić information content (AvgIpc) is 2.98. The summed E-state index contributed by atoms with van der Waals surface area (Å²) in [5.41, 5.74) is 0.702. The Kier molecular flexibility index (Phi) is 4.82. The largest absolute Gasteiger partial charge is 0.350 e. The summed E-state index contributed by atoms with van der Waals surface area (Å²) in [6, 6.07) is 6.25. The number of nitrogens with zero attached hydrogens (tertiary/aromatic N) is 1. The molecule has 2 aromatic heterocycles. The second kappa shape index (κ2) is 6.39. The lowest BCUT2D eigenvalue weighted by molar-refractivity contribution is 0.0943. The highest BCUT2D eigenvalue weighted by atomic mass is 79.9. The molecule has 0 saturated carbocycles. The molecule has 0 bridgehead atoms. The van der Waals surface area contributed by atoms with Crippen molar-refractivity contribution in [1.82, 2.24) is 9.88 Å². The van der Waals surface area contributed by atoms with Crippen molar-refractivity contribution in [2.45, 2.75) is 26.3 Å². The Morgan fingerprint density at radius 3 is 2.95 bits per heavy atom. The van der Waals surface area contributed by atoms with Gasteiger partial charge in [0.25, 0.3) is 5.91 Å². The molecule has 0 unspecified atom stereocenters. The number of hydrogen-bond donors (Lipinski definition) is 1. The van der Waals surface area contributed by atoms with Crippen molar-refractivity contribution in [3.05, 3.63) is 44.8 Å². The molecule has 2 aromatic rings. The zero-order chi connectivity index (χ0) is 13.8. The number of halogens is 1. The van der Waals surface area contributed by atoms with Crippen molar-refractivity contribution >= 4 is 33.2 Å². The fourth-order valence-corrected chi connectivity index (χ4v) is 3.05. The van der Waals surface area contributed by atoms with Gasteiger partial charge in [-0.3, -0.25) is 4.79 Å². The maximum Gasteiger partial charge on any atom is 0.267 e. The molecule has 0 aliphatic rings. The maximum atomic E-state index is 12.2. The van der Waals surface area contributed by atoms with Crippen LogP contribution in [0.3, 0.4) is 0 Å². The van der Waals surface area contributed by atoms with E-state index in [-0.39, 0.29) is 11.9 Å². The molecule has 1 amide bonds.